The highest BCUT2D eigenvalue weighted by Crippen LogP contribution is 2.30. The molecule has 4 rings (SSSR count). The van der Waals surface area contributed by atoms with E-state index < -0.39 is 5.54 Å². The summed E-state index contributed by atoms with van der Waals surface area (Å²) in [4.78, 5) is 42.5. The van der Waals surface area contributed by atoms with Crippen LogP contribution in [0.4, 0.5) is 4.79 Å². The van der Waals surface area contributed by atoms with Gasteiger partial charge in [0.05, 0.1) is 0 Å². The second kappa shape index (κ2) is 11.4. The van der Waals surface area contributed by atoms with Gasteiger partial charge in [-0.05, 0) is 43.1 Å². The molecule has 2 aliphatic rings. The number of amides is 4. The van der Waals surface area contributed by atoms with Gasteiger partial charge >= 0.3 is 6.03 Å². The lowest BCUT2D eigenvalue weighted by Crippen LogP contribution is -2.59. The Labute approximate surface area is 207 Å². The monoisotopic (exact) mass is 477 g/mol. The van der Waals surface area contributed by atoms with Gasteiger partial charge < -0.3 is 25.8 Å². The minimum Gasteiger partial charge on any atom is -0.350 e. The lowest BCUT2D eigenvalue weighted by atomic mass is 9.96. The Morgan fingerprint density at radius 3 is 2.06 bits per heavy atom. The molecule has 2 aromatic carbocycles. The standard InChI is InChI=1S/C27H35N5O3/c1-31-15-17-32(18-16-31)24(33)23-11-9-22(10-12-23)19-28-25(34)27(13-5-6-14-27)30-26(35)29-20-21-7-3-2-4-8-21/h2-4,7-12H,5-6,13-20H2,1H3,(H,28,34)(H2,29,30,35). The largest absolute Gasteiger partial charge is 0.350 e. The number of carbonyl (C=O) groups excluding carboxylic acids is 3. The van der Waals surface area contributed by atoms with Gasteiger partial charge in [0.1, 0.15) is 5.54 Å². The van der Waals surface area contributed by atoms with Crippen LogP contribution in [0.2, 0.25) is 0 Å². The average molecular weight is 478 g/mol. The molecule has 1 saturated heterocycles. The maximum Gasteiger partial charge on any atom is 0.315 e. The van der Waals surface area contributed by atoms with Crippen molar-refractivity contribution in [1.82, 2.24) is 25.8 Å². The minimum atomic E-state index is -0.891. The van der Waals surface area contributed by atoms with Crippen LogP contribution in [0.15, 0.2) is 54.6 Å². The van der Waals surface area contributed by atoms with E-state index in [2.05, 4.69) is 27.9 Å². The maximum atomic E-state index is 13.1. The van der Waals surface area contributed by atoms with E-state index in [9.17, 15) is 14.4 Å². The number of hydrogen-bond acceptors (Lipinski definition) is 4. The first-order valence-corrected chi connectivity index (χ1v) is 12.4. The van der Waals surface area contributed by atoms with Crippen LogP contribution in [0.3, 0.4) is 0 Å². The Balaban J connectivity index is 1.29. The molecule has 0 spiro atoms. The van der Waals surface area contributed by atoms with Gasteiger partial charge in [0, 0.05) is 44.8 Å². The molecule has 0 radical (unpaired) electrons. The molecule has 8 nitrogen and oxygen atoms in total. The zero-order valence-electron chi connectivity index (χ0n) is 20.4. The van der Waals surface area contributed by atoms with E-state index >= 15 is 0 Å². The topological polar surface area (TPSA) is 93.8 Å². The van der Waals surface area contributed by atoms with Gasteiger partial charge in [-0.1, -0.05) is 55.3 Å². The zero-order valence-corrected chi connectivity index (χ0v) is 20.4. The van der Waals surface area contributed by atoms with Gasteiger partial charge in [0.25, 0.3) is 5.91 Å². The van der Waals surface area contributed by atoms with Crippen molar-refractivity contribution in [3.05, 3.63) is 71.3 Å². The van der Waals surface area contributed by atoms with Crippen molar-refractivity contribution < 1.29 is 14.4 Å². The molecule has 0 atom stereocenters. The third kappa shape index (κ3) is 6.39. The van der Waals surface area contributed by atoms with Crippen LogP contribution >= 0.6 is 0 Å². The number of piperazine rings is 1. The van der Waals surface area contributed by atoms with Gasteiger partial charge in [0.15, 0.2) is 0 Å². The highest BCUT2D eigenvalue weighted by Gasteiger charge is 2.42. The Morgan fingerprint density at radius 1 is 0.800 bits per heavy atom. The number of hydrogen-bond donors (Lipinski definition) is 3. The summed E-state index contributed by atoms with van der Waals surface area (Å²) in [5.74, 6) is -0.119. The van der Waals surface area contributed by atoms with Gasteiger partial charge in [-0.3, -0.25) is 9.59 Å². The fourth-order valence-electron chi connectivity index (χ4n) is 4.74. The number of likely N-dealkylation sites (N-methyl/N-ethyl adjacent to an activating group) is 1. The summed E-state index contributed by atoms with van der Waals surface area (Å²) in [5.41, 5.74) is 1.68. The molecular formula is C27H35N5O3. The molecule has 0 bridgehead atoms. The second-order valence-corrected chi connectivity index (χ2v) is 9.56. The summed E-state index contributed by atoms with van der Waals surface area (Å²) >= 11 is 0. The summed E-state index contributed by atoms with van der Waals surface area (Å²) in [5, 5.41) is 8.80. The second-order valence-electron chi connectivity index (χ2n) is 9.56. The number of carbonyl (C=O) groups is 3. The van der Waals surface area contributed by atoms with Gasteiger partial charge in [-0.15, -0.1) is 0 Å². The molecule has 2 aromatic rings. The smallest absolute Gasteiger partial charge is 0.315 e. The van der Waals surface area contributed by atoms with E-state index in [4.69, 9.17) is 0 Å². The lowest BCUT2D eigenvalue weighted by Gasteiger charge is -2.32. The van der Waals surface area contributed by atoms with Crippen LogP contribution in [0.1, 0.15) is 47.2 Å². The molecule has 8 heteroatoms. The van der Waals surface area contributed by atoms with Crippen LogP contribution in [-0.4, -0.2) is 66.4 Å². The number of urea groups is 1. The Morgan fingerprint density at radius 2 is 1.40 bits per heavy atom. The SMILES string of the molecule is CN1CCN(C(=O)c2ccc(CNC(=O)C3(NC(=O)NCc4ccccc4)CCCC3)cc2)CC1. The summed E-state index contributed by atoms with van der Waals surface area (Å²) in [6.45, 7) is 3.99. The minimum absolute atomic E-state index is 0.0457. The number of nitrogens with one attached hydrogen (secondary N) is 3. The third-order valence-electron chi connectivity index (χ3n) is 6.98. The van der Waals surface area contributed by atoms with Crippen LogP contribution in [0.5, 0.6) is 0 Å². The molecule has 186 valence electrons. The van der Waals surface area contributed by atoms with Crippen LogP contribution in [-0.2, 0) is 17.9 Å². The zero-order chi connectivity index (χ0) is 24.7. The van der Waals surface area contributed by atoms with Crippen molar-refractivity contribution in [3.63, 3.8) is 0 Å². The molecule has 35 heavy (non-hydrogen) atoms. The van der Waals surface area contributed by atoms with Gasteiger partial charge in [0.2, 0.25) is 5.91 Å². The number of nitrogens with zero attached hydrogens (tertiary/aromatic N) is 2. The molecule has 1 aliphatic heterocycles. The number of rotatable bonds is 7. The quantitative estimate of drug-likeness (QED) is 0.571. The highest BCUT2D eigenvalue weighted by molar-refractivity contribution is 5.94. The van der Waals surface area contributed by atoms with Crippen molar-refractivity contribution in [3.8, 4) is 0 Å². The van der Waals surface area contributed by atoms with Gasteiger partial charge in [-0.25, -0.2) is 4.79 Å². The molecule has 2 fully saturated rings. The van der Waals surface area contributed by atoms with Crippen LogP contribution < -0.4 is 16.0 Å². The van der Waals surface area contributed by atoms with Crippen molar-refractivity contribution >= 4 is 17.8 Å². The van der Waals surface area contributed by atoms with E-state index in [1.807, 2.05) is 59.5 Å². The van der Waals surface area contributed by atoms with Crippen molar-refractivity contribution in [1.29, 1.82) is 0 Å². The van der Waals surface area contributed by atoms with E-state index in [0.717, 1.165) is 50.1 Å². The number of benzene rings is 2. The third-order valence-corrected chi connectivity index (χ3v) is 6.98. The van der Waals surface area contributed by atoms with Crippen molar-refractivity contribution in [2.24, 2.45) is 0 Å². The molecular weight excluding hydrogens is 442 g/mol. The van der Waals surface area contributed by atoms with Crippen molar-refractivity contribution in [2.75, 3.05) is 33.2 Å². The molecule has 0 aromatic heterocycles. The highest BCUT2D eigenvalue weighted by atomic mass is 16.2. The summed E-state index contributed by atoms with van der Waals surface area (Å²) in [6, 6.07) is 16.7. The average Bonchev–Trinajstić information content (AvgIpc) is 3.36. The summed E-state index contributed by atoms with van der Waals surface area (Å²) in [7, 11) is 2.06. The molecule has 0 unspecified atom stereocenters. The van der Waals surface area contributed by atoms with E-state index in [1.165, 1.54) is 0 Å². The Hall–Kier alpha value is -3.39. The van der Waals surface area contributed by atoms with E-state index in [1.54, 1.807) is 0 Å². The molecule has 3 N–H and O–H groups in total. The molecule has 4 amide bonds. The van der Waals surface area contributed by atoms with Gasteiger partial charge in [-0.2, -0.15) is 0 Å². The predicted octanol–water partition coefficient (Wildman–Crippen LogP) is 2.50. The van der Waals surface area contributed by atoms with E-state index in [-0.39, 0.29) is 17.8 Å². The lowest BCUT2D eigenvalue weighted by molar-refractivity contribution is -0.127. The first kappa shape index (κ1) is 24.7. The van der Waals surface area contributed by atoms with E-state index in [0.29, 0.717) is 31.5 Å². The molecule has 1 aliphatic carbocycles. The fourth-order valence-corrected chi connectivity index (χ4v) is 4.74. The summed E-state index contributed by atoms with van der Waals surface area (Å²) in [6.07, 6.45) is 3.04. The first-order chi connectivity index (χ1) is 16.9. The maximum absolute atomic E-state index is 13.1. The Kier molecular flexibility index (Phi) is 8.02. The van der Waals surface area contributed by atoms with Crippen molar-refractivity contribution in [2.45, 2.75) is 44.3 Å². The molecule has 1 heterocycles. The first-order valence-electron chi connectivity index (χ1n) is 12.4. The normalized spacial score (nSPS) is 17.6. The van der Waals surface area contributed by atoms with Crippen LogP contribution in [0, 0.1) is 0 Å². The van der Waals surface area contributed by atoms with Crippen LogP contribution in [0.25, 0.3) is 0 Å². The molecule has 1 saturated carbocycles. The predicted molar refractivity (Wildman–Crippen MR) is 135 cm³/mol. The Bertz CT molecular complexity index is 1010. The fraction of sp³-hybridized carbons (Fsp3) is 0.444. The summed E-state index contributed by atoms with van der Waals surface area (Å²) < 4.78 is 0.